The number of nitrogens with zero attached hydrogens (tertiary/aromatic N) is 1. The van der Waals surface area contributed by atoms with Gasteiger partial charge in [0.15, 0.2) is 0 Å². The molecule has 2 atom stereocenters. The third-order valence-corrected chi connectivity index (χ3v) is 3.55. The summed E-state index contributed by atoms with van der Waals surface area (Å²) in [5.74, 6) is 0.890. The number of hydrogen-bond donors (Lipinski definition) is 2. The Labute approximate surface area is 115 Å². The van der Waals surface area contributed by atoms with Crippen LogP contribution >= 0.6 is 0 Å². The van der Waals surface area contributed by atoms with Crippen LogP contribution < -0.4 is 10.1 Å². The van der Waals surface area contributed by atoms with E-state index in [-0.39, 0.29) is 6.10 Å². The average Bonchev–Trinajstić information content (AvgIpc) is 2.40. The van der Waals surface area contributed by atoms with E-state index in [2.05, 4.69) is 17.3 Å². The fraction of sp³-hybridized carbons (Fsp3) is 0.600. The lowest BCUT2D eigenvalue weighted by atomic mass is 10.1. The quantitative estimate of drug-likeness (QED) is 0.844. The first kappa shape index (κ1) is 14.3. The number of likely N-dealkylation sites (N-methyl/N-ethyl adjacent to an activating group) is 2. The van der Waals surface area contributed by atoms with Crippen molar-refractivity contribution in [3.63, 3.8) is 0 Å². The lowest BCUT2D eigenvalue weighted by Crippen LogP contribution is -2.38. The molecule has 1 aliphatic heterocycles. The fourth-order valence-electron chi connectivity index (χ4n) is 2.49. The molecule has 2 N–H and O–H groups in total. The Morgan fingerprint density at radius 2 is 2.16 bits per heavy atom. The molecule has 1 aromatic rings. The summed E-state index contributed by atoms with van der Waals surface area (Å²) in [4.78, 5) is 2.30. The Kier molecular flexibility index (Phi) is 5.19. The highest BCUT2D eigenvalue weighted by atomic mass is 16.5. The number of ether oxygens (including phenoxy) is 1. The number of nitrogens with one attached hydrogen (secondary N) is 1. The van der Waals surface area contributed by atoms with Crippen molar-refractivity contribution in [1.29, 1.82) is 0 Å². The van der Waals surface area contributed by atoms with Gasteiger partial charge in [-0.25, -0.2) is 0 Å². The van der Waals surface area contributed by atoms with Gasteiger partial charge in [-0.15, -0.1) is 0 Å². The predicted octanol–water partition coefficient (Wildman–Crippen LogP) is 1.41. The second-order valence-corrected chi connectivity index (χ2v) is 5.29. The second kappa shape index (κ2) is 6.89. The van der Waals surface area contributed by atoms with Crippen LogP contribution in [0.1, 0.15) is 24.5 Å². The van der Waals surface area contributed by atoms with E-state index in [1.54, 1.807) is 0 Å². The molecule has 4 nitrogen and oxygen atoms in total. The van der Waals surface area contributed by atoms with Crippen molar-refractivity contribution in [2.24, 2.45) is 0 Å². The first-order valence-electron chi connectivity index (χ1n) is 6.97. The predicted molar refractivity (Wildman–Crippen MR) is 76.5 cm³/mol. The molecule has 0 bridgehead atoms. The summed E-state index contributed by atoms with van der Waals surface area (Å²) >= 11 is 0. The molecular formula is C15H24N2O2. The molecule has 4 heteroatoms. The third kappa shape index (κ3) is 4.20. The van der Waals surface area contributed by atoms with Crippen LogP contribution in [0.4, 0.5) is 0 Å². The van der Waals surface area contributed by atoms with E-state index < -0.39 is 6.10 Å². The zero-order valence-electron chi connectivity index (χ0n) is 11.8. The van der Waals surface area contributed by atoms with Crippen molar-refractivity contribution in [2.75, 3.05) is 33.7 Å². The minimum Gasteiger partial charge on any atom is -0.489 e. The molecule has 0 spiro atoms. The Morgan fingerprint density at radius 1 is 1.42 bits per heavy atom. The first-order valence-corrected chi connectivity index (χ1v) is 6.97. The highest BCUT2D eigenvalue weighted by molar-refractivity contribution is 5.29. The molecule has 1 aromatic carbocycles. The Morgan fingerprint density at radius 3 is 2.79 bits per heavy atom. The third-order valence-electron chi connectivity index (χ3n) is 3.55. The van der Waals surface area contributed by atoms with E-state index in [0.717, 1.165) is 30.8 Å². The number of rotatable bonds is 5. The van der Waals surface area contributed by atoms with Crippen molar-refractivity contribution in [2.45, 2.75) is 25.0 Å². The highest BCUT2D eigenvalue weighted by Gasteiger charge is 2.18. The molecule has 0 radical (unpaired) electrons. The fourth-order valence-corrected chi connectivity index (χ4v) is 2.49. The molecule has 0 aliphatic carbocycles. The number of piperidine rings is 1. The van der Waals surface area contributed by atoms with E-state index in [1.807, 2.05) is 31.3 Å². The summed E-state index contributed by atoms with van der Waals surface area (Å²) in [5, 5.41) is 12.8. The molecule has 106 valence electrons. The zero-order valence-corrected chi connectivity index (χ0v) is 11.8. The van der Waals surface area contributed by atoms with Crippen molar-refractivity contribution in [1.82, 2.24) is 10.2 Å². The maximum absolute atomic E-state index is 9.86. The van der Waals surface area contributed by atoms with Crippen molar-refractivity contribution in [3.8, 4) is 5.75 Å². The molecule has 1 saturated heterocycles. The summed E-state index contributed by atoms with van der Waals surface area (Å²) in [6, 6.07) is 7.76. The van der Waals surface area contributed by atoms with Crippen LogP contribution in [0.15, 0.2) is 24.3 Å². The van der Waals surface area contributed by atoms with Crippen LogP contribution in [0.25, 0.3) is 0 Å². The molecule has 0 aromatic heterocycles. The lowest BCUT2D eigenvalue weighted by Gasteiger charge is -2.30. The molecule has 0 amide bonds. The largest absolute Gasteiger partial charge is 0.489 e. The van der Waals surface area contributed by atoms with E-state index in [1.165, 1.54) is 6.42 Å². The van der Waals surface area contributed by atoms with Gasteiger partial charge in [-0.1, -0.05) is 12.1 Å². The Hall–Kier alpha value is -1.10. The number of likely N-dealkylation sites (tertiary alicyclic amines) is 1. The normalized spacial score (nSPS) is 22.2. The van der Waals surface area contributed by atoms with Gasteiger partial charge in [-0.2, -0.15) is 0 Å². The van der Waals surface area contributed by atoms with Crippen LogP contribution in [-0.4, -0.2) is 49.8 Å². The monoisotopic (exact) mass is 264 g/mol. The van der Waals surface area contributed by atoms with Gasteiger partial charge in [-0.3, -0.25) is 0 Å². The van der Waals surface area contributed by atoms with Crippen molar-refractivity contribution < 1.29 is 9.84 Å². The van der Waals surface area contributed by atoms with E-state index in [4.69, 9.17) is 4.74 Å². The van der Waals surface area contributed by atoms with Crippen LogP contribution in [0, 0.1) is 0 Å². The Bertz CT molecular complexity index is 380. The standard InChI is InChI=1S/C15H24N2O2/c1-16-10-15(18)12-5-7-13(8-6-12)19-14-4-3-9-17(2)11-14/h5-8,14-16,18H,3-4,9-11H2,1-2H3. The van der Waals surface area contributed by atoms with E-state index >= 15 is 0 Å². The number of aliphatic hydroxyl groups excluding tert-OH is 1. The Balaban J connectivity index is 1.91. The molecule has 19 heavy (non-hydrogen) atoms. The summed E-state index contributed by atoms with van der Waals surface area (Å²) < 4.78 is 5.98. The summed E-state index contributed by atoms with van der Waals surface area (Å²) in [6.45, 7) is 2.72. The number of benzene rings is 1. The first-order chi connectivity index (χ1) is 9.19. The van der Waals surface area contributed by atoms with E-state index in [9.17, 15) is 5.11 Å². The minimum atomic E-state index is -0.458. The van der Waals surface area contributed by atoms with Gasteiger partial charge >= 0.3 is 0 Å². The van der Waals surface area contributed by atoms with Gasteiger partial charge in [0.25, 0.3) is 0 Å². The average molecular weight is 264 g/mol. The van der Waals surface area contributed by atoms with Crippen LogP contribution in [0.5, 0.6) is 5.75 Å². The molecule has 2 rings (SSSR count). The number of aliphatic hydroxyl groups is 1. The molecule has 1 heterocycles. The van der Waals surface area contributed by atoms with Crippen LogP contribution in [0.3, 0.4) is 0 Å². The van der Waals surface area contributed by atoms with Gasteiger partial charge in [0, 0.05) is 13.1 Å². The second-order valence-electron chi connectivity index (χ2n) is 5.29. The van der Waals surface area contributed by atoms with Crippen LogP contribution in [-0.2, 0) is 0 Å². The van der Waals surface area contributed by atoms with Crippen molar-refractivity contribution >= 4 is 0 Å². The van der Waals surface area contributed by atoms with Gasteiger partial charge in [0.1, 0.15) is 11.9 Å². The SMILES string of the molecule is CNCC(O)c1ccc(OC2CCCN(C)C2)cc1. The summed E-state index contributed by atoms with van der Waals surface area (Å²) in [6.07, 6.45) is 2.14. The molecule has 2 unspecified atom stereocenters. The number of hydrogen-bond acceptors (Lipinski definition) is 4. The lowest BCUT2D eigenvalue weighted by molar-refractivity contribution is 0.104. The van der Waals surface area contributed by atoms with Crippen LogP contribution in [0.2, 0.25) is 0 Å². The van der Waals surface area contributed by atoms with Gasteiger partial charge < -0.3 is 20.1 Å². The van der Waals surface area contributed by atoms with Crippen molar-refractivity contribution in [3.05, 3.63) is 29.8 Å². The van der Waals surface area contributed by atoms with Gasteiger partial charge in [-0.05, 0) is 51.2 Å². The van der Waals surface area contributed by atoms with Gasteiger partial charge in [0.05, 0.1) is 6.10 Å². The smallest absolute Gasteiger partial charge is 0.119 e. The molecule has 0 saturated carbocycles. The highest BCUT2D eigenvalue weighted by Crippen LogP contribution is 2.21. The maximum Gasteiger partial charge on any atom is 0.119 e. The molecular weight excluding hydrogens is 240 g/mol. The maximum atomic E-state index is 9.86. The molecule has 1 fully saturated rings. The summed E-state index contributed by atoms with van der Waals surface area (Å²) in [5.41, 5.74) is 0.919. The molecule has 1 aliphatic rings. The van der Waals surface area contributed by atoms with Gasteiger partial charge in [0.2, 0.25) is 0 Å². The van der Waals surface area contributed by atoms with E-state index in [0.29, 0.717) is 6.54 Å². The minimum absolute atomic E-state index is 0.284. The topological polar surface area (TPSA) is 44.7 Å². The summed E-state index contributed by atoms with van der Waals surface area (Å²) in [7, 11) is 3.97. The zero-order chi connectivity index (χ0) is 13.7.